The van der Waals surface area contributed by atoms with Gasteiger partial charge in [0.2, 0.25) is 0 Å². The van der Waals surface area contributed by atoms with Crippen molar-refractivity contribution in [3.05, 3.63) is 23.0 Å². The minimum absolute atomic E-state index is 0.286. The van der Waals surface area contributed by atoms with Crippen molar-refractivity contribution in [1.29, 1.82) is 5.26 Å². The molecule has 0 amide bonds. The number of nitrogens with zero attached hydrogens (tertiary/aromatic N) is 3. The summed E-state index contributed by atoms with van der Waals surface area (Å²) >= 11 is 5.84. The highest BCUT2D eigenvalue weighted by molar-refractivity contribution is 6.30. The molecule has 17 heavy (non-hydrogen) atoms. The first-order chi connectivity index (χ1) is 8.26. The molecule has 0 spiro atoms. The molecule has 2 unspecified atom stereocenters. The molecule has 0 saturated carbocycles. The van der Waals surface area contributed by atoms with Crippen LogP contribution in [0.2, 0.25) is 5.15 Å². The van der Waals surface area contributed by atoms with Gasteiger partial charge in [-0.2, -0.15) is 5.26 Å². The highest BCUT2D eigenvalue weighted by Gasteiger charge is 2.32. The van der Waals surface area contributed by atoms with Crippen LogP contribution in [-0.2, 0) is 0 Å². The third-order valence-electron chi connectivity index (χ3n) is 3.53. The molecule has 0 aliphatic carbocycles. The molecule has 5 heteroatoms. The van der Waals surface area contributed by atoms with E-state index in [9.17, 15) is 0 Å². The number of rotatable bonds is 1. The van der Waals surface area contributed by atoms with Gasteiger partial charge in [0.1, 0.15) is 11.2 Å². The van der Waals surface area contributed by atoms with E-state index in [1.165, 1.54) is 12.8 Å². The van der Waals surface area contributed by atoms with E-state index in [2.05, 4.69) is 21.3 Å². The van der Waals surface area contributed by atoms with Gasteiger partial charge in [0.05, 0.1) is 17.4 Å². The van der Waals surface area contributed by atoms with E-state index in [1.807, 2.05) is 6.07 Å². The largest absolute Gasteiger partial charge is 0.367 e. The number of piperazine rings is 1. The van der Waals surface area contributed by atoms with Crippen LogP contribution in [0.15, 0.2) is 12.3 Å². The molecule has 2 aliphatic rings. The quantitative estimate of drug-likeness (QED) is 0.767. The third kappa shape index (κ3) is 1.97. The van der Waals surface area contributed by atoms with E-state index < -0.39 is 0 Å². The summed E-state index contributed by atoms with van der Waals surface area (Å²) in [6.45, 7) is 1.98. The SMILES string of the molecule is N#Cc1cc(N2CC3CCC(C2)N3)cnc1Cl. The molecular formula is C12H13ClN4. The smallest absolute Gasteiger partial charge is 0.146 e. The summed E-state index contributed by atoms with van der Waals surface area (Å²) in [6.07, 6.45) is 4.24. The topological polar surface area (TPSA) is 52.0 Å². The van der Waals surface area contributed by atoms with E-state index in [1.54, 1.807) is 6.20 Å². The van der Waals surface area contributed by atoms with Crippen LogP contribution in [0.4, 0.5) is 5.69 Å². The minimum Gasteiger partial charge on any atom is -0.367 e. The Kier molecular flexibility index (Phi) is 2.65. The van der Waals surface area contributed by atoms with Crippen molar-refractivity contribution >= 4 is 17.3 Å². The number of hydrogen-bond donors (Lipinski definition) is 1. The first-order valence-corrected chi connectivity index (χ1v) is 6.20. The van der Waals surface area contributed by atoms with E-state index >= 15 is 0 Å². The minimum atomic E-state index is 0.286. The summed E-state index contributed by atoms with van der Waals surface area (Å²) in [4.78, 5) is 6.37. The van der Waals surface area contributed by atoms with Gasteiger partial charge in [-0.15, -0.1) is 0 Å². The highest BCUT2D eigenvalue weighted by atomic mass is 35.5. The number of halogens is 1. The molecule has 1 N–H and O–H groups in total. The van der Waals surface area contributed by atoms with E-state index in [4.69, 9.17) is 16.9 Å². The van der Waals surface area contributed by atoms with Crippen molar-refractivity contribution in [3.63, 3.8) is 0 Å². The lowest BCUT2D eigenvalue weighted by Crippen LogP contribution is -2.51. The molecule has 4 nitrogen and oxygen atoms in total. The molecule has 2 saturated heterocycles. The highest BCUT2D eigenvalue weighted by Crippen LogP contribution is 2.26. The number of pyridine rings is 1. The first-order valence-electron chi connectivity index (χ1n) is 5.83. The van der Waals surface area contributed by atoms with Crippen molar-refractivity contribution in [2.24, 2.45) is 0 Å². The molecular weight excluding hydrogens is 236 g/mol. The Morgan fingerprint density at radius 1 is 1.41 bits per heavy atom. The van der Waals surface area contributed by atoms with Gasteiger partial charge in [-0.05, 0) is 18.9 Å². The average molecular weight is 249 g/mol. The van der Waals surface area contributed by atoms with Crippen LogP contribution in [0.3, 0.4) is 0 Å². The number of anilines is 1. The summed E-state index contributed by atoms with van der Waals surface area (Å²) in [5, 5.41) is 12.8. The summed E-state index contributed by atoms with van der Waals surface area (Å²) in [7, 11) is 0. The summed E-state index contributed by atoms with van der Waals surface area (Å²) in [5.41, 5.74) is 1.46. The lowest BCUT2D eigenvalue weighted by atomic mass is 10.2. The second-order valence-corrected chi connectivity index (χ2v) is 5.04. The molecule has 1 aromatic rings. The van der Waals surface area contributed by atoms with Crippen LogP contribution in [0.25, 0.3) is 0 Å². The molecule has 2 fully saturated rings. The number of nitrogens with one attached hydrogen (secondary N) is 1. The zero-order chi connectivity index (χ0) is 11.8. The van der Waals surface area contributed by atoms with Gasteiger partial charge in [-0.25, -0.2) is 4.98 Å². The number of hydrogen-bond acceptors (Lipinski definition) is 4. The Morgan fingerprint density at radius 3 is 2.76 bits per heavy atom. The molecule has 0 radical (unpaired) electrons. The van der Waals surface area contributed by atoms with Gasteiger partial charge in [-0.3, -0.25) is 0 Å². The van der Waals surface area contributed by atoms with Crippen LogP contribution in [0.5, 0.6) is 0 Å². The normalized spacial score (nSPS) is 26.9. The molecule has 2 bridgehead atoms. The Morgan fingerprint density at radius 2 is 2.12 bits per heavy atom. The second kappa shape index (κ2) is 4.17. The molecule has 2 aliphatic heterocycles. The van der Waals surface area contributed by atoms with Crippen LogP contribution in [-0.4, -0.2) is 30.2 Å². The number of nitriles is 1. The lowest BCUT2D eigenvalue weighted by molar-refractivity contribution is 0.465. The van der Waals surface area contributed by atoms with Crippen molar-refractivity contribution in [2.75, 3.05) is 18.0 Å². The van der Waals surface area contributed by atoms with Crippen LogP contribution < -0.4 is 10.2 Å². The Balaban J connectivity index is 1.87. The molecule has 3 heterocycles. The van der Waals surface area contributed by atoms with Crippen LogP contribution in [0.1, 0.15) is 18.4 Å². The number of aromatic nitrogens is 1. The summed E-state index contributed by atoms with van der Waals surface area (Å²) in [5.74, 6) is 0. The average Bonchev–Trinajstić information content (AvgIpc) is 2.69. The zero-order valence-corrected chi connectivity index (χ0v) is 10.1. The first kappa shape index (κ1) is 10.8. The Labute approximate surface area is 105 Å². The van der Waals surface area contributed by atoms with E-state index in [0.717, 1.165) is 18.8 Å². The van der Waals surface area contributed by atoms with Crippen molar-refractivity contribution < 1.29 is 0 Å². The van der Waals surface area contributed by atoms with Crippen LogP contribution >= 0.6 is 11.6 Å². The van der Waals surface area contributed by atoms with E-state index in [0.29, 0.717) is 17.6 Å². The van der Waals surface area contributed by atoms with Crippen LogP contribution in [0, 0.1) is 11.3 Å². The van der Waals surface area contributed by atoms with Gasteiger partial charge in [0.25, 0.3) is 0 Å². The van der Waals surface area contributed by atoms with Gasteiger partial charge in [-0.1, -0.05) is 11.6 Å². The maximum atomic E-state index is 8.95. The fraction of sp³-hybridized carbons (Fsp3) is 0.500. The fourth-order valence-corrected chi connectivity index (χ4v) is 2.84. The van der Waals surface area contributed by atoms with Gasteiger partial charge >= 0.3 is 0 Å². The van der Waals surface area contributed by atoms with E-state index in [-0.39, 0.29) is 5.15 Å². The molecule has 3 rings (SSSR count). The molecule has 88 valence electrons. The Bertz CT molecular complexity index is 470. The number of fused-ring (bicyclic) bond motifs is 2. The van der Waals surface area contributed by atoms with Gasteiger partial charge in [0, 0.05) is 25.2 Å². The fourth-order valence-electron chi connectivity index (χ4n) is 2.70. The van der Waals surface area contributed by atoms with Gasteiger partial charge in [0.15, 0.2) is 0 Å². The Hall–Kier alpha value is -1.31. The molecule has 1 aromatic heterocycles. The molecule has 0 aromatic carbocycles. The van der Waals surface area contributed by atoms with Gasteiger partial charge < -0.3 is 10.2 Å². The predicted molar refractivity (Wildman–Crippen MR) is 66.1 cm³/mol. The maximum Gasteiger partial charge on any atom is 0.146 e. The molecule has 2 atom stereocenters. The summed E-state index contributed by atoms with van der Waals surface area (Å²) < 4.78 is 0. The second-order valence-electron chi connectivity index (χ2n) is 4.69. The maximum absolute atomic E-state index is 8.95. The third-order valence-corrected chi connectivity index (χ3v) is 3.83. The van der Waals surface area contributed by atoms with Crippen molar-refractivity contribution in [1.82, 2.24) is 10.3 Å². The lowest BCUT2D eigenvalue weighted by Gasteiger charge is -2.34. The zero-order valence-electron chi connectivity index (χ0n) is 9.36. The summed E-state index contributed by atoms with van der Waals surface area (Å²) in [6, 6.07) is 5.07. The van der Waals surface area contributed by atoms with Crippen molar-refractivity contribution in [2.45, 2.75) is 24.9 Å². The predicted octanol–water partition coefficient (Wildman–Crippen LogP) is 1.55. The van der Waals surface area contributed by atoms with Crippen molar-refractivity contribution in [3.8, 4) is 6.07 Å². The monoisotopic (exact) mass is 248 g/mol. The standard InChI is InChI=1S/C12H13ClN4/c13-12-8(4-14)3-11(5-15-12)17-6-9-1-2-10(7-17)16-9/h3,5,9-10,16H,1-2,6-7H2.